The number of aliphatic carboxylic acids is 1. The number of carboxylic acids is 1. The molecule has 0 amide bonds. The Kier molecular flexibility index (Phi) is 6.70. The van der Waals surface area contributed by atoms with Crippen molar-refractivity contribution in [1.82, 2.24) is 0 Å². The van der Waals surface area contributed by atoms with E-state index in [-0.39, 0.29) is 0 Å². The van der Waals surface area contributed by atoms with Crippen molar-refractivity contribution in [3.05, 3.63) is 0 Å². The molecular weight excluding hydrogens is 144 g/mol. The largest absolute Gasteiger partial charge is 0.652 e. The standard InChI is InChI=1S/C3H6O3.CH2O3/c1-2(4)3(5)6;2-1(3)4/h2,4H,1H3,(H,5,6);(H2,2,3,4)/p-3. The first-order valence-electron chi connectivity index (χ1n) is 2.14. The fraction of sp³-hybridized carbons (Fsp3) is 0.500. The summed E-state index contributed by atoms with van der Waals surface area (Å²) in [5.41, 5.74) is 0. The molecule has 0 bridgehead atoms. The van der Waals surface area contributed by atoms with Gasteiger partial charge in [-0.2, -0.15) is 0 Å². The van der Waals surface area contributed by atoms with Gasteiger partial charge in [-0.05, 0) is 13.1 Å². The molecular formula is C4H5O6-3. The number of hydrogen-bond acceptors (Lipinski definition) is 6. The van der Waals surface area contributed by atoms with Gasteiger partial charge in [0.15, 0.2) is 0 Å². The predicted molar refractivity (Wildman–Crippen MR) is 22.1 cm³/mol. The van der Waals surface area contributed by atoms with Crippen LogP contribution in [0, 0.1) is 0 Å². The average Bonchev–Trinajstić information content (AvgIpc) is 1.63. The Bertz CT molecular complexity index is 113. The first-order valence-corrected chi connectivity index (χ1v) is 2.14. The van der Waals surface area contributed by atoms with Gasteiger partial charge >= 0.3 is 0 Å². The maximum absolute atomic E-state index is 9.34. The minimum Gasteiger partial charge on any atom is -0.652 e. The number of rotatable bonds is 1. The quantitative estimate of drug-likeness (QED) is 0.402. The number of aliphatic hydroxyl groups excluding tert-OH is 1. The molecule has 0 spiro atoms. The lowest BCUT2D eigenvalue weighted by Crippen LogP contribution is -2.37. The van der Waals surface area contributed by atoms with Crippen LogP contribution in [0.1, 0.15) is 6.92 Å². The molecule has 6 nitrogen and oxygen atoms in total. The van der Waals surface area contributed by atoms with Crippen molar-refractivity contribution < 1.29 is 30.0 Å². The van der Waals surface area contributed by atoms with E-state index in [1.807, 2.05) is 0 Å². The van der Waals surface area contributed by atoms with Crippen molar-refractivity contribution in [2.45, 2.75) is 13.0 Å². The van der Waals surface area contributed by atoms with Gasteiger partial charge in [0.2, 0.25) is 0 Å². The van der Waals surface area contributed by atoms with Crippen molar-refractivity contribution in [2.24, 2.45) is 0 Å². The van der Waals surface area contributed by atoms with Crippen LogP contribution in [0.15, 0.2) is 0 Å². The van der Waals surface area contributed by atoms with Crippen LogP contribution in [-0.4, -0.2) is 23.3 Å². The van der Waals surface area contributed by atoms with Crippen LogP contribution in [0.5, 0.6) is 0 Å². The van der Waals surface area contributed by atoms with Gasteiger partial charge < -0.3 is 30.0 Å². The van der Waals surface area contributed by atoms with Crippen molar-refractivity contribution in [1.29, 1.82) is 0 Å². The molecule has 0 aliphatic rings. The van der Waals surface area contributed by atoms with E-state index in [1.54, 1.807) is 0 Å². The summed E-state index contributed by atoms with van der Waals surface area (Å²) in [5.74, 6) is -1.44. The van der Waals surface area contributed by atoms with Crippen molar-refractivity contribution in [3.63, 3.8) is 0 Å². The van der Waals surface area contributed by atoms with Gasteiger partial charge in [-0.15, -0.1) is 0 Å². The van der Waals surface area contributed by atoms with Crippen molar-refractivity contribution in [3.8, 4) is 0 Å². The second-order valence-electron chi connectivity index (χ2n) is 1.25. The molecule has 1 N–H and O–H groups in total. The lowest BCUT2D eigenvalue weighted by molar-refractivity contribution is -0.415. The fourth-order valence-electron chi connectivity index (χ4n) is 0. The predicted octanol–water partition coefficient (Wildman–Crippen LogP) is -4.33. The van der Waals surface area contributed by atoms with E-state index in [4.69, 9.17) is 20.1 Å². The number of aliphatic hydroxyl groups is 1. The minimum absolute atomic E-state index is 1.13. The van der Waals surface area contributed by atoms with E-state index in [9.17, 15) is 9.90 Å². The Morgan fingerprint density at radius 3 is 1.40 bits per heavy atom. The maximum Gasteiger partial charge on any atom is 0.0905 e. The third-order valence-electron chi connectivity index (χ3n) is 0.341. The Morgan fingerprint density at radius 2 is 1.40 bits per heavy atom. The number of carbonyl (C=O) groups is 2. The molecule has 0 aromatic rings. The first kappa shape index (κ1) is 11.5. The molecule has 10 heavy (non-hydrogen) atoms. The summed E-state index contributed by atoms with van der Waals surface area (Å²) in [6.45, 7) is 1.13. The number of carboxylic acid groups (broad SMARTS) is 3. The highest BCUT2D eigenvalue weighted by atomic mass is 16.6. The van der Waals surface area contributed by atoms with Crippen molar-refractivity contribution >= 4 is 12.1 Å². The van der Waals surface area contributed by atoms with Crippen LogP contribution >= 0.6 is 0 Å². The molecule has 0 saturated heterocycles. The smallest absolute Gasteiger partial charge is 0.0905 e. The zero-order valence-electron chi connectivity index (χ0n) is 5.07. The lowest BCUT2D eigenvalue weighted by Gasteiger charge is -2.00. The average molecular weight is 149 g/mol. The summed E-state index contributed by atoms with van der Waals surface area (Å²) in [4.78, 5) is 17.7. The number of hydrogen-bond donors (Lipinski definition) is 1. The van der Waals surface area contributed by atoms with Crippen LogP contribution in [-0.2, 0) is 4.79 Å². The van der Waals surface area contributed by atoms with Crippen LogP contribution in [0.2, 0.25) is 0 Å². The Labute approximate surface area is 56.3 Å². The lowest BCUT2D eigenvalue weighted by atomic mass is 10.4. The molecule has 60 valence electrons. The van der Waals surface area contributed by atoms with Crippen LogP contribution in [0.4, 0.5) is 4.79 Å². The van der Waals surface area contributed by atoms with Gasteiger partial charge in [0.05, 0.1) is 12.1 Å². The Morgan fingerprint density at radius 1 is 1.30 bits per heavy atom. The van der Waals surface area contributed by atoms with Crippen LogP contribution < -0.4 is 15.3 Å². The zero-order chi connectivity index (χ0) is 8.73. The van der Waals surface area contributed by atoms with E-state index < -0.39 is 18.2 Å². The monoisotopic (exact) mass is 149 g/mol. The summed E-state index contributed by atoms with van der Waals surface area (Å²) in [6.07, 6.45) is -3.68. The van der Waals surface area contributed by atoms with Gasteiger partial charge in [0.25, 0.3) is 0 Å². The normalized spacial score (nSPS) is 10.6. The highest BCUT2D eigenvalue weighted by molar-refractivity contribution is 5.68. The van der Waals surface area contributed by atoms with E-state index >= 15 is 0 Å². The van der Waals surface area contributed by atoms with Crippen LogP contribution in [0.3, 0.4) is 0 Å². The molecule has 1 atom stereocenters. The van der Waals surface area contributed by atoms with Crippen molar-refractivity contribution in [2.75, 3.05) is 0 Å². The molecule has 0 aliphatic carbocycles. The Hall–Kier alpha value is -1.30. The minimum atomic E-state index is -2.33. The van der Waals surface area contributed by atoms with Gasteiger partial charge in [-0.1, -0.05) is 0 Å². The topological polar surface area (TPSA) is 124 Å². The highest BCUT2D eigenvalue weighted by Crippen LogP contribution is 1.69. The summed E-state index contributed by atoms with van der Waals surface area (Å²) in [7, 11) is 0. The van der Waals surface area contributed by atoms with E-state index in [1.165, 1.54) is 0 Å². The SMILES string of the molecule is CC(O)C(=O)[O-].O=C([O-])[O-]. The van der Waals surface area contributed by atoms with Gasteiger partial charge in [0, 0.05) is 0 Å². The summed E-state index contributed by atoms with van der Waals surface area (Å²) >= 11 is 0. The molecule has 0 fully saturated rings. The molecule has 0 aromatic heterocycles. The van der Waals surface area contributed by atoms with E-state index in [2.05, 4.69) is 0 Å². The summed E-state index contributed by atoms with van der Waals surface area (Å²) < 4.78 is 0. The van der Waals surface area contributed by atoms with E-state index in [0.717, 1.165) is 6.92 Å². The second-order valence-corrected chi connectivity index (χ2v) is 1.25. The van der Waals surface area contributed by atoms with E-state index in [0.29, 0.717) is 0 Å². The highest BCUT2D eigenvalue weighted by Gasteiger charge is 1.89. The first-order chi connectivity index (χ1) is 4.37. The third-order valence-corrected chi connectivity index (χ3v) is 0.341. The summed E-state index contributed by atoms with van der Waals surface area (Å²) in [5, 5.41) is 34.0. The molecule has 0 aliphatic heterocycles. The molecule has 6 heteroatoms. The van der Waals surface area contributed by atoms with Crippen LogP contribution in [0.25, 0.3) is 0 Å². The van der Waals surface area contributed by atoms with Gasteiger partial charge in [-0.3, -0.25) is 0 Å². The summed E-state index contributed by atoms with van der Waals surface area (Å²) in [6, 6.07) is 0. The Balaban J connectivity index is 0. The molecule has 0 saturated carbocycles. The fourth-order valence-corrected chi connectivity index (χ4v) is 0. The molecule has 0 radical (unpaired) electrons. The molecule has 0 aromatic carbocycles. The number of carbonyl (C=O) groups excluding carboxylic acids is 2. The van der Waals surface area contributed by atoms with Gasteiger partial charge in [0.1, 0.15) is 0 Å². The van der Waals surface area contributed by atoms with Gasteiger partial charge in [-0.25, -0.2) is 0 Å². The molecule has 1 unspecified atom stereocenters. The maximum atomic E-state index is 9.34. The zero-order valence-corrected chi connectivity index (χ0v) is 5.07. The molecule has 0 heterocycles. The second kappa shape index (κ2) is 5.83. The molecule has 0 rings (SSSR count). The third kappa shape index (κ3) is 29.9.